The average molecular weight is 316 g/mol. The highest BCUT2D eigenvalue weighted by molar-refractivity contribution is 6.08. The number of nitriles is 2. The zero-order chi connectivity index (χ0) is 17.4. The molecule has 0 saturated heterocycles. The van der Waals surface area contributed by atoms with E-state index in [9.17, 15) is 14.9 Å². The highest BCUT2D eigenvalue weighted by Crippen LogP contribution is 2.44. The van der Waals surface area contributed by atoms with Crippen molar-refractivity contribution in [2.45, 2.75) is 13.8 Å². The van der Waals surface area contributed by atoms with Crippen LogP contribution in [0.5, 0.6) is 0 Å². The molecule has 1 aromatic carbocycles. The van der Waals surface area contributed by atoms with Crippen LogP contribution in [0.2, 0.25) is 0 Å². The van der Waals surface area contributed by atoms with E-state index in [1.165, 1.54) is 6.07 Å². The van der Waals surface area contributed by atoms with E-state index >= 15 is 0 Å². The van der Waals surface area contributed by atoms with Gasteiger partial charge in [0.1, 0.15) is 23.8 Å². The van der Waals surface area contributed by atoms with Crippen LogP contribution in [0, 0.1) is 35.4 Å². The van der Waals surface area contributed by atoms with Gasteiger partial charge in [-0.05, 0) is 42.7 Å². The van der Waals surface area contributed by atoms with Crippen LogP contribution in [0.25, 0.3) is 17.2 Å². The van der Waals surface area contributed by atoms with Crippen molar-refractivity contribution in [1.29, 1.82) is 10.5 Å². The van der Waals surface area contributed by atoms with Gasteiger partial charge in [-0.3, -0.25) is 0 Å². The Labute approximate surface area is 139 Å². The van der Waals surface area contributed by atoms with Crippen LogP contribution in [0.4, 0.5) is 10.2 Å². The number of allylic oxidation sites excluding steroid dienone is 3. The molecular formula is C19H13FN4. The summed E-state index contributed by atoms with van der Waals surface area (Å²) in [6, 6.07) is 10.6. The molecule has 0 atom stereocenters. The van der Waals surface area contributed by atoms with E-state index in [1.54, 1.807) is 38.1 Å². The molecule has 0 amide bonds. The van der Waals surface area contributed by atoms with Gasteiger partial charge in [0, 0.05) is 11.1 Å². The molecule has 2 N–H and O–H groups in total. The second-order valence-electron chi connectivity index (χ2n) is 5.52. The Bertz CT molecular complexity index is 1020. The number of rotatable bonds is 1. The minimum absolute atomic E-state index is 0.0986. The van der Waals surface area contributed by atoms with Crippen LogP contribution in [0.3, 0.4) is 0 Å². The monoisotopic (exact) mass is 316 g/mol. The number of hydrogen-bond acceptors (Lipinski definition) is 4. The fourth-order valence-corrected chi connectivity index (χ4v) is 2.94. The summed E-state index contributed by atoms with van der Waals surface area (Å²) in [6.45, 7) is 3.55. The summed E-state index contributed by atoms with van der Waals surface area (Å²) in [5, 5.41) is 18.8. The smallest absolute Gasteiger partial charge is 0.142 e. The van der Waals surface area contributed by atoms with Gasteiger partial charge in [0.05, 0.1) is 16.8 Å². The molecule has 116 valence electrons. The van der Waals surface area contributed by atoms with Gasteiger partial charge >= 0.3 is 0 Å². The van der Waals surface area contributed by atoms with Crippen LogP contribution in [0.1, 0.15) is 34.9 Å². The first-order chi connectivity index (χ1) is 11.5. The summed E-state index contributed by atoms with van der Waals surface area (Å²) in [5.41, 5.74) is 10.1. The highest BCUT2D eigenvalue weighted by Gasteiger charge is 2.29. The first-order valence-corrected chi connectivity index (χ1v) is 7.28. The zero-order valence-electron chi connectivity index (χ0n) is 13.2. The topological polar surface area (TPSA) is 86.5 Å². The molecule has 3 rings (SSSR count). The minimum atomic E-state index is -0.355. The second kappa shape index (κ2) is 5.64. The van der Waals surface area contributed by atoms with Crippen LogP contribution < -0.4 is 5.73 Å². The van der Waals surface area contributed by atoms with Crippen LogP contribution in [0.15, 0.2) is 29.8 Å². The van der Waals surface area contributed by atoms with Gasteiger partial charge in [0.2, 0.25) is 0 Å². The number of nitrogen functional groups attached to an aromatic ring is 1. The van der Waals surface area contributed by atoms with Gasteiger partial charge < -0.3 is 5.73 Å². The van der Waals surface area contributed by atoms with Gasteiger partial charge in [-0.15, -0.1) is 0 Å². The average Bonchev–Trinajstić information content (AvgIpc) is 2.81. The lowest BCUT2D eigenvalue weighted by molar-refractivity contribution is 0.625. The largest absolute Gasteiger partial charge is 0.383 e. The second-order valence-corrected chi connectivity index (χ2v) is 5.52. The highest BCUT2D eigenvalue weighted by atomic mass is 19.1. The van der Waals surface area contributed by atoms with Crippen molar-refractivity contribution in [3.63, 3.8) is 0 Å². The Hall–Kier alpha value is -3.44. The number of halogens is 1. The number of benzene rings is 1. The molecule has 0 radical (unpaired) electrons. The number of nitrogens with zero attached hydrogens (tertiary/aromatic N) is 3. The van der Waals surface area contributed by atoms with Crippen LogP contribution in [-0.2, 0) is 0 Å². The number of aromatic nitrogens is 1. The normalized spacial score (nSPS) is 14.5. The fraction of sp³-hybridized carbons (Fsp3) is 0.105. The Morgan fingerprint density at radius 3 is 2.50 bits per heavy atom. The van der Waals surface area contributed by atoms with Gasteiger partial charge in [-0.25, -0.2) is 9.37 Å². The molecule has 0 unspecified atom stereocenters. The van der Waals surface area contributed by atoms with E-state index < -0.39 is 0 Å². The summed E-state index contributed by atoms with van der Waals surface area (Å²) in [7, 11) is 0. The third-order valence-corrected chi connectivity index (χ3v) is 4.19. The van der Waals surface area contributed by atoms with E-state index in [-0.39, 0.29) is 17.2 Å². The summed E-state index contributed by atoms with van der Waals surface area (Å²) >= 11 is 0. The fourth-order valence-electron chi connectivity index (χ4n) is 2.94. The van der Waals surface area contributed by atoms with Crippen molar-refractivity contribution >= 4 is 23.0 Å². The molecule has 1 aliphatic rings. The Kier molecular flexibility index (Phi) is 3.63. The Morgan fingerprint density at radius 1 is 1.17 bits per heavy atom. The predicted molar refractivity (Wildman–Crippen MR) is 90.6 cm³/mol. The minimum Gasteiger partial charge on any atom is -0.383 e. The molecule has 2 aromatic rings. The molecule has 5 heteroatoms. The molecule has 0 saturated carbocycles. The lowest BCUT2D eigenvalue weighted by Gasteiger charge is -2.11. The van der Waals surface area contributed by atoms with Gasteiger partial charge in [0.15, 0.2) is 0 Å². The maximum atomic E-state index is 14.0. The van der Waals surface area contributed by atoms with E-state index in [0.717, 1.165) is 0 Å². The molecular weight excluding hydrogens is 303 g/mol. The maximum Gasteiger partial charge on any atom is 0.142 e. The van der Waals surface area contributed by atoms with Crippen molar-refractivity contribution in [2.24, 2.45) is 0 Å². The number of nitrogens with two attached hydrogens (primary N) is 1. The number of anilines is 1. The van der Waals surface area contributed by atoms with E-state index in [0.29, 0.717) is 39.1 Å². The van der Waals surface area contributed by atoms with E-state index in [1.807, 2.05) is 6.07 Å². The standard InChI is InChI=1S/C19H13FN4/c1-10-13(7-12-5-3-4-6-16(12)20)17-11(2)15(9-22)19(23)24-18(17)14(10)8-21/h3-7H,1-2H3,(H2,23,24)/b13-7+. The summed E-state index contributed by atoms with van der Waals surface area (Å²) in [5.74, 6) is -0.257. The maximum absolute atomic E-state index is 14.0. The predicted octanol–water partition coefficient (Wildman–Crippen LogP) is 3.83. The number of hydrogen-bond donors (Lipinski definition) is 1. The van der Waals surface area contributed by atoms with Gasteiger partial charge in [0.25, 0.3) is 0 Å². The van der Waals surface area contributed by atoms with Crippen molar-refractivity contribution in [3.05, 3.63) is 63.6 Å². The van der Waals surface area contributed by atoms with E-state index in [4.69, 9.17) is 5.73 Å². The molecule has 0 aliphatic heterocycles. The SMILES string of the molecule is CC1=C(C#N)c2nc(N)c(C#N)c(C)c2/C1=C/c1ccccc1F. The first kappa shape index (κ1) is 15.5. The molecule has 4 nitrogen and oxygen atoms in total. The van der Waals surface area contributed by atoms with Gasteiger partial charge in [-0.1, -0.05) is 18.2 Å². The molecule has 0 fully saturated rings. The number of pyridine rings is 1. The van der Waals surface area contributed by atoms with Crippen molar-refractivity contribution in [3.8, 4) is 12.1 Å². The van der Waals surface area contributed by atoms with Crippen molar-refractivity contribution in [2.75, 3.05) is 5.73 Å². The summed E-state index contributed by atoms with van der Waals surface area (Å²) in [6.07, 6.45) is 1.68. The van der Waals surface area contributed by atoms with Gasteiger partial charge in [-0.2, -0.15) is 10.5 Å². The van der Waals surface area contributed by atoms with Crippen LogP contribution >= 0.6 is 0 Å². The zero-order valence-corrected chi connectivity index (χ0v) is 13.2. The molecule has 0 spiro atoms. The Morgan fingerprint density at radius 2 is 1.88 bits per heavy atom. The number of fused-ring (bicyclic) bond motifs is 1. The Balaban J connectivity index is 2.36. The summed E-state index contributed by atoms with van der Waals surface area (Å²) in [4.78, 5) is 4.24. The lowest BCUT2D eigenvalue weighted by atomic mass is 9.95. The lowest BCUT2D eigenvalue weighted by Crippen LogP contribution is -2.03. The van der Waals surface area contributed by atoms with Crippen molar-refractivity contribution < 1.29 is 4.39 Å². The van der Waals surface area contributed by atoms with E-state index in [2.05, 4.69) is 11.1 Å². The molecule has 24 heavy (non-hydrogen) atoms. The molecule has 0 bridgehead atoms. The molecule has 1 aromatic heterocycles. The third-order valence-electron chi connectivity index (χ3n) is 4.19. The quantitative estimate of drug-likeness (QED) is 0.866. The molecule has 1 heterocycles. The summed E-state index contributed by atoms with van der Waals surface area (Å²) < 4.78 is 14.0. The van der Waals surface area contributed by atoms with Crippen molar-refractivity contribution in [1.82, 2.24) is 4.98 Å². The van der Waals surface area contributed by atoms with Crippen LogP contribution in [-0.4, -0.2) is 4.98 Å². The third kappa shape index (κ3) is 2.15. The first-order valence-electron chi connectivity index (χ1n) is 7.28. The molecule has 1 aliphatic carbocycles.